The van der Waals surface area contributed by atoms with E-state index in [9.17, 15) is 9.18 Å². The van der Waals surface area contributed by atoms with Crippen LogP contribution in [0.3, 0.4) is 0 Å². The molecule has 1 saturated heterocycles. The third kappa shape index (κ3) is 3.22. The van der Waals surface area contributed by atoms with Gasteiger partial charge in [0.05, 0.1) is 24.4 Å². The molecule has 6 heteroatoms. The number of nitrogens with zero attached hydrogens (tertiary/aromatic N) is 3. The zero-order valence-corrected chi connectivity index (χ0v) is 14.2. The van der Waals surface area contributed by atoms with E-state index in [1.54, 1.807) is 30.7 Å². The first-order valence-corrected chi connectivity index (χ1v) is 8.70. The molecule has 0 aliphatic carbocycles. The Labute approximate surface area is 150 Å². The number of pyridine rings is 1. The summed E-state index contributed by atoms with van der Waals surface area (Å²) in [5, 5.41) is 7.29. The molecule has 0 radical (unpaired) electrons. The average Bonchev–Trinajstić information content (AvgIpc) is 3.33. The van der Waals surface area contributed by atoms with Gasteiger partial charge in [-0.15, -0.1) is 0 Å². The van der Waals surface area contributed by atoms with Crippen LogP contribution in [-0.4, -0.2) is 32.5 Å². The summed E-state index contributed by atoms with van der Waals surface area (Å²) in [6.07, 6.45) is 7.42. The second-order valence-corrected chi connectivity index (χ2v) is 6.48. The molecule has 4 rings (SSSR count). The summed E-state index contributed by atoms with van der Waals surface area (Å²) >= 11 is 0. The van der Waals surface area contributed by atoms with Crippen LogP contribution >= 0.6 is 0 Å². The number of carbonyl (C=O) groups excluding carboxylic acids is 1. The number of likely N-dealkylation sites (tertiary alicyclic amines) is 1. The van der Waals surface area contributed by atoms with Gasteiger partial charge in [-0.05, 0) is 48.2 Å². The van der Waals surface area contributed by atoms with Crippen LogP contribution < -0.4 is 0 Å². The Kier molecular flexibility index (Phi) is 4.48. The third-order valence-electron chi connectivity index (χ3n) is 4.84. The molecule has 0 spiro atoms. The number of nitrogens with one attached hydrogen (secondary N) is 1. The maximum atomic E-state index is 13.1. The normalized spacial score (nSPS) is 16.8. The number of aromatic amines is 1. The topological polar surface area (TPSA) is 61.9 Å². The smallest absolute Gasteiger partial charge is 0.227 e. The Morgan fingerprint density at radius 2 is 1.96 bits per heavy atom. The van der Waals surface area contributed by atoms with Crippen LogP contribution in [0.5, 0.6) is 0 Å². The molecule has 1 fully saturated rings. The van der Waals surface area contributed by atoms with Crippen molar-refractivity contribution in [3.63, 3.8) is 0 Å². The van der Waals surface area contributed by atoms with Crippen molar-refractivity contribution >= 4 is 5.91 Å². The van der Waals surface area contributed by atoms with E-state index in [1.165, 1.54) is 12.1 Å². The maximum absolute atomic E-state index is 13.1. The number of carbonyl (C=O) groups is 1. The lowest BCUT2D eigenvalue weighted by molar-refractivity contribution is -0.131. The second kappa shape index (κ2) is 7.07. The molecule has 0 unspecified atom stereocenters. The van der Waals surface area contributed by atoms with Gasteiger partial charge in [0, 0.05) is 24.5 Å². The Balaban J connectivity index is 1.57. The van der Waals surface area contributed by atoms with Gasteiger partial charge in [-0.3, -0.25) is 14.9 Å². The van der Waals surface area contributed by atoms with E-state index in [1.807, 2.05) is 17.0 Å². The Bertz CT molecular complexity index is 892. The quantitative estimate of drug-likeness (QED) is 0.783. The summed E-state index contributed by atoms with van der Waals surface area (Å²) in [5.41, 5.74) is 3.81. The van der Waals surface area contributed by atoms with E-state index >= 15 is 0 Å². The first kappa shape index (κ1) is 16.4. The number of amides is 1. The van der Waals surface area contributed by atoms with E-state index in [-0.39, 0.29) is 24.2 Å². The highest BCUT2D eigenvalue weighted by atomic mass is 19.1. The van der Waals surface area contributed by atoms with E-state index in [2.05, 4.69) is 15.2 Å². The van der Waals surface area contributed by atoms with Crippen LogP contribution in [0.1, 0.15) is 30.1 Å². The number of rotatable bonds is 4. The van der Waals surface area contributed by atoms with E-state index in [4.69, 9.17) is 0 Å². The Morgan fingerprint density at radius 1 is 1.19 bits per heavy atom. The Hall–Kier alpha value is -3.02. The lowest BCUT2D eigenvalue weighted by Crippen LogP contribution is -2.32. The highest BCUT2D eigenvalue weighted by molar-refractivity contribution is 5.80. The SMILES string of the molecule is O=C(Cc1ccc(F)cc1)N1CCC[C@H]1c1[nH]ncc1-c1ccncc1. The molecule has 3 aromatic rings. The predicted octanol–water partition coefficient (Wildman–Crippen LogP) is 3.52. The summed E-state index contributed by atoms with van der Waals surface area (Å²) in [4.78, 5) is 18.8. The molecule has 0 saturated carbocycles. The average molecular weight is 350 g/mol. The fraction of sp³-hybridized carbons (Fsp3) is 0.250. The molecule has 1 amide bonds. The van der Waals surface area contributed by atoms with Gasteiger partial charge in [0.2, 0.25) is 5.91 Å². The first-order valence-electron chi connectivity index (χ1n) is 8.70. The number of H-pyrrole nitrogens is 1. The summed E-state index contributed by atoms with van der Waals surface area (Å²) in [7, 11) is 0. The zero-order valence-electron chi connectivity index (χ0n) is 14.2. The minimum absolute atomic E-state index is 0.0198. The zero-order chi connectivity index (χ0) is 17.9. The minimum atomic E-state index is -0.292. The summed E-state index contributed by atoms with van der Waals surface area (Å²) in [5.74, 6) is -0.242. The van der Waals surface area contributed by atoms with Gasteiger partial charge in [0.25, 0.3) is 0 Å². The number of hydrogen-bond donors (Lipinski definition) is 1. The van der Waals surface area contributed by atoms with Crippen molar-refractivity contribution in [3.8, 4) is 11.1 Å². The number of benzene rings is 1. The van der Waals surface area contributed by atoms with Crippen molar-refractivity contribution in [1.82, 2.24) is 20.1 Å². The predicted molar refractivity (Wildman–Crippen MR) is 95.6 cm³/mol. The van der Waals surface area contributed by atoms with E-state index in [0.29, 0.717) is 0 Å². The largest absolute Gasteiger partial charge is 0.334 e. The molecule has 3 heterocycles. The molecule has 0 bridgehead atoms. The van der Waals surface area contributed by atoms with Crippen molar-refractivity contribution in [2.24, 2.45) is 0 Å². The molecule has 2 aromatic heterocycles. The van der Waals surface area contributed by atoms with Crippen molar-refractivity contribution < 1.29 is 9.18 Å². The van der Waals surface area contributed by atoms with E-state index in [0.717, 1.165) is 41.8 Å². The molecular weight excluding hydrogens is 331 g/mol. The van der Waals surface area contributed by atoms with Crippen LogP contribution in [0.25, 0.3) is 11.1 Å². The van der Waals surface area contributed by atoms with Gasteiger partial charge < -0.3 is 4.90 Å². The van der Waals surface area contributed by atoms with Crippen molar-refractivity contribution in [2.45, 2.75) is 25.3 Å². The van der Waals surface area contributed by atoms with Crippen LogP contribution in [0.2, 0.25) is 0 Å². The number of aromatic nitrogens is 3. The van der Waals surface area contributed by atoms with Gasteiger partial charge in [-0.2, -0.15) is 5.10 Å². The molecule has 26 heavy (non-hydrogen) atoms. The van der Waals surface area contributed by atoms with Crippen molar-refractivity contribution in [3.05, 3.63) is 72.1 Å². The lowest BCUT2D eigenvalue weighted by Gasteiger charge is -2.25. The number of hydrogen-bond acceptors (Lipinski definition) is 3. The van der Waals surface area contributed by atoms with Gasteiger partial charge in [-0.1, -0.05) is 12.1 Å². The van der Waals surface area contributed by atoms with E-state index < -0.39 is 0 Å². The van der Waals surface area contributed by atoms with Crippen molar-refractivity contribution in [2.75, 3.05) is 6.54 Å². The van der Waals surface area contributed by atoms with Crippen LogP contribution in [0.4, 0.5) is 4.39 Å². The molecule has 1 aliphatic rings. The van der Waals surface area contributed by atoms with Gasteiger partial charge >= 0.3 is 0 Å². The van der Waals surface area contributed by atoms with Crippen LogP contribution in [-0.2, 0) is 11.2 Å². The molecule has 1 N–H and O–H groups in total. The fourth-order valence-electron chi connectivity index (χ4n) is 3.56. The monoisotopic (exact) mass is 350 g/mol. The molecule has 1 aromatic carbocycles. The standard InChI is InChI=1S/C20H19FN4O/c21-16-5-3-14(4-6-16)12-19(26)25-11-1-2-18(25)20-17(13-23-24-20)15-7-9-22-10-8-15/h3-10,13,18H,1-2,11-12H2,(H,23,24)/t18-/m0/s1. The summed E-state index contributed by atoms with van der Waals surface area (Å²) in [6, 6.07) is 9.96. The summed E-state index contributed by atoms with van der Waals surface area (Å²) < 4.78 is 13.1. The third-order valence-corrected chi connectivity index (χ3v) is 4.84. The van der Waals surface area contributed by atoms with Gasteiger partial charge in [0.15, 0.2) is 0 Å². The molecule has 5 nitrogen and oxygen atoms in total. The Morgan fingerprint density at radius 3 is 2.73 bits per heavy atom. The van der Waals surface area contributed by atoms with Gasteiger partial charge in [-0.25, -0.2) is 4.39 Å². The van der Waals surface area contributed by atoms with Gasteiger partial charge in [0.1, 0.15) is 5.82 Å². The van der Waals surface area contributed by atoms with Crippen LogP contribution in [0.15, 0.2) is 55.0 Å². The highest BCUT2D eigenvalue weighted by Gasteiger charge is 2.32. The minimum Gasteiger partial charge on any atom is -0.334 e. The molecule has 1 aliphatic heterocycles. The van der Waals surface area contributed by atoms with Crippen LogP contribution in [0, 0.1) is 5.82 Å². The maximum Gasteiger partial charge on any atom is 0.227 e. The molecular formula is C20H19FN4O. The highest BCUT2D eigenvalue weighted by Crippen LogP contribution is 2.36. The molecule has 132 valence electrons. The second-order valence-electron chi connectivity index (χ2n) is 6.48. The van der Waals surface area contributed by atoms with Crippen molar-refractivity contribution in [1.29, 1.82) is 0 Å². The molecule has 1 atom stereocenters. The number of halogens is 1. The lowest BCUT2D eigenvalue weighted by atomic mass is 10.0. The fourth-order valence-corrected chi connectivity index (χ4v) is 3.56. The summed E-state index contributed by atoms with van der Waals surface area (Å²) in [6.45, 7) is 0.722. The first-order chi connectivity index (χ1) is 12.7.